The molecule has 19 heavy (non-hydrogen) atoms. The van der Waals surface area contributed by atoms with Gasteiger partial charge in [-0.2, -0.15) is 0 Å². The zero-order chi connectivity index (χ0) is 13.8. The smallest absolute Gasteiger partial charge is 0.203 e. The molecule has 0 spiro atoms. The van der Waals surface area contributed by atoms with Gasteiger partial charge >= 0.3 is 0 Å². The molecule has 0 aliphatic heterocycles. The van der Waals surface area contributed by atoms with Crippen molar-refractivity contribution >= 4 is 11.8 Å². The van der Waals surface area contributed by atoms with E-state index in [4.69, 9.17) is 14.2 Å². The highest BCUT2D eigenvalue weighted by Gasteiger charge is 2.15. The van der Waals surface area contributed by atoms with Crippen molar-refractivity contribution in [3.63, 3.8) is 0 Å². The number of benzene rings is 1. The van der Waals surface area contributed by atoms with E-state index in [1.165, 1.54) is 0 Å². The number of thioether (sulfide) groups is 1. The standard InChI is InChI=1S/C14H22O3S.CH4/c1-14(2,3)9-18-10-7-11(15-4)13(17-6)12(8-10)16-5;/h7-8H,9H2,1-6H3;1H4. The second-order valence-electron chi connectivity index (χ2n) is 5.21. The highest BCUT2D eigenvalue weighted by Crippen LogP contribution is 2.41. The highest BCUT2D eigenvalue weighted by molar-refractivity contribution is 7.99. The molecule has 1 rings (SSSR count). The molecule has 0 radical (unpaired) electrons. The zero-order valence-electron chi connectivity index (χ0n) is 12.0. The van der Waals surface area contributed by atoms with Gasteiger partial charge in [-0.15, -0.1) is 11.8 Å². The second-order valence-corrected chi connectivity index (χ2v) is 6.26. The molecule has 0 aliphatic rings. The van der Waals surface area contributed by atoms with Crippen LogP contribution in [0.4, 0.5) is 0 Å². The molecule has 4 heteroatoms. The molecule has 0 bridgehead atoms. The van der Waals surface area contributed by atoms with Gasteiger partial charge in [-0.1, -0.05) is 28.2 Å². The summed E-state index contributed by atoms with van der Waals surface area (Å²) in [5.41, 5.74) is 0.283. The summed E-state index contributed by atoms with van der Waals surface area (Å²) in [5.74, 6) is 3.08. The lowest BCUT2D eigenvalue weighted by Crippen LogP contribution is -2.08. The van der Waals surface area contributed by atoms with E-state index in [1.54, 1.807) is 33.1 Å². The number of ether oxygens (including phenoxy) is 3. The molecule has 0 heterocycles. The topological polar surface area (TPSA) is 27.7 Å². The minimum Gasteiger partial charge on any atom is -0.493 e. The first kappa shape index (κ1) is 18.0. The lowest BCUT2D eigenvalue weighted by Gasteiger charge is -2.18. The molecule has 0 amide bonds. The summed E-state index contributed by atoms with van der Waals surface area (Å²) in [6.07, 6.45) is 0. The Morgan fingerprint density at radius 1 is 0.947 bits per heavy atom. The van der Waals surface area contributed by atoms with Gasteiger partial charge in [0.25, 0.3) is 0 Å². The van der Waals surface area contributed by atoms with Crippen molar-refractivity contribution in [3.05, 3.63) is 12.1 Å². The second kappa shape index (κ2) is 7.53. The lowest BCUT2D eigenvalue weighted by atomic mass is 10.0. The molecule has 0 aromatic heterocycles. The normalized spacial score (nSPS) is 10.6. The van der Waals surface area contributed by atoms with Crippen molar-refractivity contribution in [1.82, 2.24) is 0 Å². The van der Waals surface area contributed by atoms with Crippen LogP contribution < -0.4 is 14.2 Å². The summed E-state index contributed by atoms with van der Waals surface area (Å²) in [6.45, 7) is 6.66. The maximum Gasteiger partial charge on any atom is 0.203 e. The number of hydrogen-bond donors (Lipinski definition) is 0. The molecule has 0 fully saturated rings. The molecule has 0 atom stereocenters. The van der Waals surface area contributed by atoms with Crippen LogP contribution in [0.2, 0.25) is 0 Å². The minimum absolute atomic E-state index is 0. The third-order valence-corrected chi connectivity index (χ3v) is 3.89. The van der Waals surface area contributed by atoms with E-state index < -0.39 is 0 Å². The van der Waals surface area contributed by atoms with E-state index in [1.807, 2.05) is 12.1 Å². The average molecular weight is 286 g/mol. The van der Waals surface area contributed by atoms with Gasteiger partial charge in [0.2, 0.25) is 5.75 Å². The maximum atomic E-state index is 5.33. The quantitative estimate of drug-likeness (QED) is 0.746. The summed E-state index contributed by atoms with van der Waals surface area (Å²) in [7, 11) is 4.88. The Bertz CT molecular complexity index is 372. The molecule has 0 N–H and O–H groups in total. The Kier molecular flexibility index (Phi) is 7.12. The van der Waals surface area contributed by atoms with Gasteiger partial charge in [0.05, 0.1) is 21.3 Å². The number of rotatable bonds is 5. The van der Waals surface area contributed by atoms with Crippen LogP contribution in [0.3, 0.4) is 0 Å². The van der Waals surface area contributed by atoms with Crippen molar-refractivity contribution in [2.24, 2.45) is 5.41 Å². The van der Waals surface area contributed by atoms with Crippen LogP contribution >= 0.6 is 11.8 Å². The molecular formula is C15H26O3S. The average Bonchev–Trinajstić information content (AvgIpc) is 2.33. The fourth-order valence-electron chi connectivity index (χ4n) is 1.44. The van der Waals surface area contributed by atoms with Gasteiger partial charge in [-0.3, -0.25) is 0 Å². The van der Waals surface area contributed by atoms with Crippen molar-refractivity contribution in [3.8, 4) is 17.2 Å². The molecule has 110 valence electrons. The van der Waals surface area contributed by atoms with Crippen LogP contribution in [0.5, 0.6) is 17.2 Å². The summed E-state index contributed by atoms with van der Waals surface area (Å²) >= 11 is 1.79. The van der Waals surface area contributed by atoms with Crippen molar-refractivity contribution in [1.29, 1.82) is 0 Å². The SMILES string of the molecule is C.COc1cc(SCC(C)(C)C)cc(OC)c1OC. The zero-order valence-corrected chi connectivity index (χ0v) is 12.8. The Balaban J connectivity index is 0.00000324. The van der Waals surface area contributed by atoms with Crippen molar-refractivity contribution in [2.45, 2.75) is 33.1 Å². The Morgan fingerprint density at radius 3 is 1.74 bits per heavy atom. The lowest BCUT2D eigenvalue weighted by molar-refractivity contribution is 0.323. The fourth-order valence-corrected chi connectivity index (χ4v) is 2.42. The van der Waals surface area contributed by atoms with E-state index in [2.05, 4.69) is 20.8 Å². The largest absolute Gasteiger partial charge is 0.493 e. The Morgan fingerprint density at radius 2 is 1.42 bits per heavy atom. The molecule has 1 aromatic carbocycles. The number of hydrogen-bond acceptors (Lipinski definition) is 4. The molecule has 0 saturated carbocycles. The summed E-state index contributed by atoms with van der Waals surface area (Å²) in [6, 6.07) is 3.97. The van der Waals surface area contributed by atoms with E-state index >= 15 is 0 Å². The van der Waals surface area contributed by atoms with E-state index in [9.17, 15) is 0 Å². The molecule has 0 saturated heterocycles. The third-order valence-electron chi connectivity index (χ3n) is 2.31. The van der Waals surface area contributed by atoms with Gasteiger partial charge < -0.3 is 14.2 Å². The van der Waals surface area contributed by atoms with Crippen LogP contribution in [0, 0.1) is 5.41 Å². The molecule has 0 aliphatic carbocycles. The van der Waals surface area contributed by atoms with Crippen molar-refractivity contribution < 1.29 is 14.2 Å². The van der Waals surface area contributed by atoms with Crippen LogP contribution in [-0.2, 0) is 0 Å². The van der Waals surface area contributed by atoms with E-state index in [-0.39, 0.29) is 12.8 Å². The van der Waals surface area contributed by atoms with Gasteiger partial charge in [-0.05, 0) is 17.5 Å². The summed E-state index contributed by atoms with van der Waals surface area (Å²) in [4.78, 5) is 1.12. The van der Waals surface area contributed by atoms with Crippen LogP contribution in [-0.4, -0.2) is 27.1 Å². The van der Waals surface area contributed by atoms with Crippen molar-refractivity contribution in [2.75, 3.05) is 27.1 Å². The fraction of sp³-hybridized carbons (Fsp3) is 0.600. The predicted octanol–water partition coefficient (Wildman–Crippen LogP) is 4.49. The highest BCUT2D eigenvalue weighted by atomic mass is 32.2. The summed E-state index contributed by atoms with van der Waals surface area (Å²) in [5, 5.41) is 0. The maximum absolute atomic E-state index is 5.33. The minimum atomic E-state index is 0. The number of methoxy groups -OCH3 is 3. The van der Waals surface area contributed by atoms with E-state index in [0.717, 1.165) is 10.6 Å². The molecule has 0 unspecified atom stereocenters. The monoisotopic (exact) mass is 286 g/mol. The predicted molar refractivity (Wildman–Crippen MR) is 83.0 cm³/mol. The first-order valence-corrected chi connectivity index (χ1v) is 6.82. The van der Waals surface area contributed by atoms with Gasteiger partial charge in [0, 0.05) is 10.6 Å². The van der Waals surface area contributed by atoms with Gasteiger partial charge in [-0.25, -0.2) is 0 Å². The molecular weight excluding hydrogens is 260 g/mol. The summed E-state index contributed by atoms with van der Waals surface area (Å²) < 4.78 is 16.0. The van der Waals surface area contributed by atoms with Crippen LogP contribution in [0.1, 0.15) is 28.2 Å². The first-order valence-electron chi connectivity index (χ1n) is 5.84. The van der Waals surface area contributed by atoms with Crippen LogP contribution in [0.15, 0.2) is 17.0 Å². The molecule has 1 aromatic rings. The third kappa shape index (κ3) is 5.23. The van der Waals surface area contributed by atoms with Gasteiger partial charge in [0.15, 0.2) is 11.5 Å². The van der Waals surface area contributed by atoms with Gasteiger partial charge in [0.1, 0.15) is 0 Å². The Hall–Kier alpha value is -1.03. The first-order chi connectivity index (χ1) is 8.41. The Labute approximate surface area is 121 Å². The van der Waals surface area contributed by atoms with Crippen LogP contribution in [0.25, 0.3) is 0 Å². The molecule has 3 nitrogen and oxygen atoms in total. The van der Waals surface area contributed by atoms with E-state index in [0.29, 0.717) is 17.2 Å².